The number of nitrogens with zero attached hydrogens (tertiary/aromatic N) is 2. The summed E-state index contributed by atoms with van der Waals surface area (Å²) in [7, 11) is 1.98. The highest BCUT2D eigenvalue weighted by Crippen LogP contribution is 2.31. The van der Waals surface area contributed by atoms with E-state index in [1.807, 2.05) is 16.8 Å². The molecule has 1 N–H and O–H groups in total. The van der Waals surface area contributed by atoms with Crippen LogP contribution in [0.2, 0.25) is 0 Å². The minimum Gasteiger partial charge on any atom is -0.341 e. The molecule has 2 heterocycles. The van der Waals surface area contributed by atoms with Crippen LogP contribution in [-0.2, 0) is 9.59 Å². The summed E-state index contributed by atoms with van der Waals surface area (Å²) in [5.41, 5.74) is 0. The topological polar surface area (TPSA) is 52.7 Å². The second-order valence-electron chi connectivity index (χ2n) is 6.69. The van der Waals surface area contributed by atoms with Crippen LogP contribution in [0.5, 0.6) is 0 Å². The summed E-state index contributed by atoms with van der Waals surface area (Å²) < 4.78 is 0. The maximum Gasteiger partial charge on any atom is 0.246 e. The fourth-order valence-corrected chi connectivity index (χ4v) is 5.03. The second-order valence-corrected chi connectivity index (χ2v) is 7.69. The van der Waals surface area contributed by atoms with Crippen LogP contribution >= 0.6 is 11.8 Å². The number of nitrogens with one attached hydrogen (secondary N) is 1. The van der Waals surface area contributed by atoms with E-state index in [1.54, 1.807) is 11.8 Å². The Labute approximate surface area is 137 Å². The summed E-state index contributed by atoms with van der Waals surface area (Å²) in [6.07, 6.45) is 6.36. The highest BCUT2D eigenvalue weighted by atomic mass is 32.2. The molecular formula is C16H27N3O2S. The van der Waals surface area contributed by atoms with E-state index in [9.17, 15) is 9.59 Å². The van der Waals surface area contributed by atoms with Gasteiger partial charge >= 0.3 is 0 Å². The Kier molecular flexibility index (Phi) is 5.29. The quantitative estimate of drug-likeness (QED) is 0.849. The number of carbonyl (C=O) groups is 2. The van der Waals surface area contributed by atoms with Gasteiger partial charge in [-0.05, 0) is 32.7 Å². The molecule has 2 saturated heterocycles. The zero-order valence-corrected chi connectivity index (χ0v) is 14.2. The summed E-state index contributed by atoms with van der Waals surface area (Å²) >= 11 is 1.72. The molecule has 0 bridgehead atoms. The Morgan fingerprint density at radius 1 is 1.05 bits per heavy atom. The third-order valence-corrected chi connectivity index (χ3v) is 6.38. The van der Waals surface area contributed by atoms with Crippen LogP contribution < -0.4 is 5.32 Å². The van der Waals surface area contributed by atoms with Gasteiger partial charge in [-0.2, -0.15) is 0 Å². The molecule has 3 aliphatic rings. The first-order valence-electron chi connectivity index (χ1n) is 8.55. The summed E-state index contributed by atoms with van der Waals surface area (Å²) in [4.78, 5) is 29.3. The molecule has 0 aromatic rings. The molecule has 5 nitrogen and oxygen atoms in total. The van der Waals surface area contributed by atoms with Crippen LogP contribution in [0.4, 0.5) is 0 Å². The zero-order valence-electron chi connectivity index (χ0n) is 13.4. The van der Waals surface area contributed by atoms with Crippen molar-refractivity contribution in [3.63, 3.8) is 0 Å². The summed E-state index contributed by atoms with van der Waals surface area (Å²) in [5.74, 6) is 2.03. The Hall–Kier alpha value is -0.750. The van der Waals surface area contributed by atoms with Crippen molar-refractivity contribution in [2.24, 2.45) is 5.92 Å². The van der Waals surface area contributed by atoms with E-state index in [4.69, 9.17) is 0 Å². The van der Waals surface area contributed by atoms with Crippen molar-refractivity contribution in [1.82, 2.24) is 15.1 Å². The van der Waals surface area contributed by atoms with Crippen LogP contribution in [0.3, 0.4) is 0 Å². The lowest BCUT2D eigenvalue weighted by Gasteiger charge is -2.35. The van der Waals surface area contributed by atoms with E-state index < -0.39 is 0 Å². The number of likely N-dealkylation sites (tertiary alicyclic amines) is 1. The van der Waals surface area contributed by atoms with Crippen LogP contribution in [0.15, 0.2) is 0 Å². The predicted octanol–water partition coefficient (Wildman–Crippen LogP) is 1.29. The van der Waals surface area contributed by atoms with Crippen LogP contribution in [0.25, 0.3) is 0 Å². The van der Waals surface area contributed by atoms with E-state index in [2.05, 4.69) is 5.32 Å². The zero-order chi connectivity index (χ0) is 15.5. The van der Waals surface area contributed by atoms with Crippen molar-refractivity contribution in [3.05, 3.63) is 0 Å². The van der Waals surface area contributed by atoms with Crippen molar-refractivity contribution in [2.75, 3.05) is 31.8 Å². The maximum absolute atomic E-state index is 12.8. The first kappa shape index (κ1) is 16.1. The minimum atomic E-state index is -0.218. The number of rotatable bonds is 3. The predicted molar refractivity (Wildman–Crippen MR) is 88.6 cm³/mol. The lowest BCUT2D eigenvalue weighted by Crippen LogP contribution is -2.53. The number of carbonyl (C=O) groups excluding carboxylic acids is 2. The molecule has 0 aromatic carbocycles. The fourth-order valence-electron chi connectivity index (χ4n) is 3.87. The average molecular weight is 325 g/mol. The first-order chi connectivity index (χ1) is 10.7. The number of hydrogen-bond donors (Lipinski definition) is 1. The van der Waals surface area contributed by atoms with Gasteiger partial charge in [-0.3, -0.25) is 9.59 Å². The molecule has 3 fully saturated rings. The van der Waals surface area contributed by atoms with Gasteiger partial charge in [-0.1, -0.05) is 12.8 Å². The van der Waals surface area contributed by atoms with E-state index >= 15 is 0 Å². The van der Waals surface area contributed by atoms with Gasteiger partial charge in [-0.25, -0.2) is 0 Å². The molecule has 0 radical (unpaired) electrons. The number of piperidine rings is 1. The van der Waals surface area contributed by atoms with Gasteiger partial charge in [0, 0.05) is 30.8 Å². The normalized spacial score (nSPS) is 27.6. The van der Waals surface area contributed by atoms with Gasteiger partial charge in [0.1, 0.15) is 6.04 Å². The highest BCUT2D eigenvalue weighted by Gasteiger charge is 2.40. The molecule has 2 amide bonds. The lowest BCUT2D eigenvalue weighted by atomic mass is 10.0. The molecule has 0 spiro atoms. The third-order valence-electron chi connectivity index (χ3n) is 5.37. The Balaban J connectivity index is 1.60. The molecule has 1 aliphatic carbocycles. The Bertz CT molecular complexity index is 418. The van der Waals surface area contributed by atoms with E-state index in [0.29, 0.717) is 11.9 Å². The summed E-state index contributed by atoms with van der Waals surface area (Å²) in [5, 5.41) is 3.29. The van der Waals surface area contributed by atoms with Gasteiger partial charge in [0.25, 0.3) is 0 Å². The second kappa shape index (κ2) is 7.21. The molecule has 0 aromatic heterocycles. The van der Waals surface area contributed by atoms with Gasteiger partial charge in [0.2, 0.25) is 11.8 Å². The molecule has 22 heavy (non-hydrogen) atoms. The van der Waals surface area contributed by atoms with Crippen molar-refractivity contribution < 1.29 is 9.59 Å². The molecule has 2 aliphatic heterocycles. The monoisotopic (exact) mass is 325 g/mol. The van der Waals surface area contributed by atoms with E-state index in [-0.39, 0.29) is 23.8 Å². The van der Waals surface area contributed by atoms with Gasteiger partial charge < -0.3 is 15.1 Å². The molecular weight excluding hydrogens is 298 g/mol. The summed E-state index contributed by atoms with van der Waals surface area (Å²) in [6.45, 7) is 1.63. The SMILES string of the molecule is CNC1CCN(C(=O)C2CSCN2C(=O)C2CCCC2)CC1. The molecule has 1 saturated carbocycles. The third kappa shape index (κ3) is 3.27. The fraction of sp³-hybridized carbons (Fsp3) is 0.875. The number of hydrogen-bond acceptors (Lipinski definition) is 4. The number of amides is 2. The molecule has 1 unspecified atom stereocenters. The Morgan fingerprint density at radius 2 is 1.73 bits per heavy atom. The highest BCUT2D eigenvalue weighted by molar-refractivity contribution is 7.99. The maximum atomic E-state index is 12.8. The largest absolute Gasteiger partial charge is 0.341 e. The van der Waals surface area contributed by atoms with E-state index in [0.717, 1.165) is 57.4 Å². The van der Waals surface area contributed by atoms with Gasteiger partial charge in [-0.15, -0.1) is 11.8 Å². The smallest absolute Gasteiger partial charge is 0.246 e. The van der Waals surface area contributed by atoms with Crippen LogP contribution in [0, 0.1) is 5.92 Å². The van der Waals surface area contributed by atoms with E-state index in [1.165, 1.54) is 0 Å². The van der Waals surface area contributed by atoms with Crippen LogP contribution in [-0.4, -0.2) is 65.5 Å². The van der Waals surface area contributed by atoms with Crippen molar-refractivity contribution in [2.45, 2.75) is 50.6 Å². The van der Waals surface area contributed by atoms with Gasteiger partial charge in [0.15, 0.2) is 0 Å². The minimum absolute atomic E-state index is 0.170. The van der Waals surface area contributed by atoms with Crippen molar-refractivity contribution >= 4 is 23.6 Å². The first-order valence-corrected chi connectivity index (χ1v) is 9.70. The summed E-state index contributed by atoms with van der Waals surface area (Å²) in [6, 6.07) is 0.308. The molecule has 124 valence electrons. The van der Waals surface area contributed by atoms with Crippen molar-refractivity contribution in [1.29, 1.82) is 0 Å². The average Bonchev–Trinajstić information content (AvgIpc) is 3.25. The van der Waals surface area contributed by atoms with Crippen molar-refractivity contribution in [3.8, 4) is 0 Å². The van der Waals surface area contributed by atoms with Gasteiger partial charge in [0.05, 0.1) is 5.88 Å². The number of thioether (sulfide) groups is 1. The van der Waals surface area contributed by atoms with Crippen LogP contribution in [0.1, 0.15) is 38.5 Å². The molecule has 1 atom stereocenters. The Morgan fingerprint density at radius 3 is 2.36 bits per heavy atom. The lowest BCUT2D eigenvalue weighted by molar-refractivity contribution is -0.146. The molecule has 6 heteroatoms. The molecule has 3 rings (SSSR count). The standard InChI is InChI=1S/C16H27N3O2S/c1-17-13-6-8-18(9-7-13)16(21)14-10-22-11-19(14)15(20)12-4-2-3-5-12/h12-14,17H,2-11H2,1H3.